The van der Waals surface area contributed by atoms with E-state index in [4.69, 9.17) is 0 Å². The normalized spacial score (nSPS) is 17.8. The number of carbonyl (C=O) groups excluding carboxylic acids is 1. The molecule has 0 aromatic heterocycles. The molecule has 0 bridgehead atoms. The lowest BCUT2D eigenvalue weighted by Crippen LogP contribution is -2.36. The molecule has 2 N–H and O–H groups in total. The lowest BCUT2D eigenvalue weighted by Gasteiger charge is -2.24. The van der Waals surface area contributed by atoms with Crippen molar-refractivity contribution in [1.82, 2.24) is 10.6 Å². The van der Waals surface area contributed by atoms with Gasteiger partial charge in [-0.3, -0.25) is 4.79 Å². The number of nitrogens with one attached hydrogen (secondary N) is 2. The average Bonchev–Trinajstić information content (AvgIpc) is 2.46. The Balaban J connectivity index is 1.86. The van der Waals surface area contributed by atoms with Crippen molar-refractivity contribution in [2.45, 2.75) is 30.6 Å². The van der Waals surface area contributed by atoms with Crippen LogP contribution in [0.3, 0.4) is 0 Å². The standard InChI is InChI=1S/C15H22N2OS/c1-2-8-16-9-10-17-15(18)13-7-11-19-14-6-4-3-5-12(13)14/h3-6,13,16H,2,7-11H2,1H3,(H,17,18). The minimum absolute atomic E-state index is 0.0311. The first kappa shape index (κ1) is 14.4. The predicted molar refractivity (Wildman–Crippen MR) is 80.7 cm³/mol. The smallest absolute Gasteiger partial charge is 0.227 e. The van der Waals surface area contributed by atoms with E-state index in [0.717, 1.165) is 31.7 Å². The van der Waals surface area contributed by atoms with Crippen molar-refractivity contribution in [3.63, 3.8) is 0 Å². The van der Waals surface area contributed by atoms with Crippen LogP contribution in [0.25, 0.3) is 0 Å². The third-order valence-corrected chi connectivity index (χ3v) is 4.43. The van der Waals surface area contributed by atoms with Gasteiger partial charge >= 0.3 is 0 Å². The average molecular weight is 278 g/mol. The second kappa shape index (κ2) is 7.56. The van der Waals surface area contributed by atoms with Crippen molar-refractivity contribution in [1.29, 1.82) is 0 Å². The molecule has 1 heterocycles. The number of rotatable bonds is 6. The van der Waals surface area contributed by atoms with Crippen LogP contribution in [0.4, 0.5) is 0 Å². The number of hydrogen-bond donors (Lipinski definition) is 2. The van der Waals surface area contributed by atoms with E-state index in [1.807, 2.05) is 23.9 Å². The van der Waals surface area contributed by atoms with Gasteiger partial charge in [0.25, 0.3) is 0 Å². The van der Waals surface area contributed by atoms with Gasteiger partial charge in [0, 0.05) is 18.0 Å². The van der Waals surface area contributed by atoms with E-state index >= 15 is 0 Å². The SMILES string of the molecule is CCCNCCNC(=O)C1CCSc2ccccc21. The first-order valence-corrected chi connectivity index (χ1v) is 8.01. The van der Waals surface area contributed by atoms with Crippen molar-refractivity contribution in [2.75, 3.05) is 25.4 Å². The topological polar surface area (TPSA) is 41.1 Å². The number of benzene rings is 1. The number of hydrogen-bond acceptors (Lipinski definition) is 3. The summed E-state index contributed by atoms with van der Waals surface area (Å²) in [5, 5.41) is 6.34. The summed E-state index contributed by atoms with van der Waals surface area (Å²) in [6.45, 7) is 4.72. The van der Waals surface area contributed by atoms with Crippen molar-refractivity contribution in [3.05, 3.63) is 29.8 Å². The number of carbonyl (C=O) groups is 1. The zero-order valence-electron chi connectivity index (χ0n) is 11.4. The Labute approximate surface area is 119 Å². The lowest BCUT2D eigenvalue weighted by molar-refractivity contribution is -0.122. The summed E-state index contributed by atoms with van der Waals surface area (Å²) < 4.78 is 0. The number of amides is 1. The zero-order chi connectivity index (χ0) is 13.5. The maximum Gasteiger partial charge on any atom is 0.227 e. The molecular weight excluding hydrogens is 256 g/mol. The van der Waals surface area contributed by atoms with E-state index in [0.29, 0.717) is 6.54 Å². The molecule has 2 rings (SSSR count). The molecule has 1 unspecified atom stereocenters. The van der Waals surface area contributed by atoms with E-state index in [2.05, 4.69) is 29.7 Å². The summed E-state index contributed by atoms with van der Waals surface area (Å²) in [5.41, 5.74) is 1.19. The molecule has 0 radical (unpaired) electrons. The van der Waals surface area contributed by atoms with Crippen molar-refractivity contribution < 1.29 is 4.79 Å². The molecule has 104 valence electrons. The summed E-state index contributed by atoms with van der Waals surface area (Å²) in [6, 6.07) is 8.26. The van der Waals surface area contributed by atoms with Gasteiger partial charge in [-0.2, -0.15) is 0 Å². The molecule has 0 saturated carbocycles. The van der Waals surface area contributed by atoms with E-state index in [1.165, 1.54) is 10.5 Å². The van der Waals surface area contributed by atoms with Crippen LogP contribution in [-0.4, -0.2) is 31.3 Å². The van der Waals surface area contributed by atoms with Gasteiger partial charge in [0.1, 0.15) is 0 Å². The third kappa shape index (κ3) is 3.98. The summed E-state index contributed by atoms with van der Waals surface area (Å²) in [7, 11) is 0. The quantitative estimate of drug-likeness (QED) is 0.785. The molecule has 0 fully saturated rings. The fraction of sp³-hybridized carbons (Fsp3) is 0.533. The first-order chi connectivity index (χ1) is 9.33. The highest BCUT2D eigenvalue weighted by atomic mass is 32.2. The predicted octanol–water partition coefficient (Wildman–Crippen LogP) is 2.38. The molecule has 1 aliphatic rings. The first-order valence-electron chi connectivity index (χ1n) is 7.03. The highest BCUT2D eigenvalue weighted by Gasteiger charge is 2.26. The fourth-order valence-electron chi connectivity index (χ4n) is 2.31. The highest BCUT2D eigenvalue weighted by molar-refractivity contribution is 7.99. The Morgan fingerprint density at radius 2 is 2.16 bits per heavy atom. The molecule has 0 aliphatic carbocycles. The van der Waals surface area contributed by atoms with Crippen molar-refractivity contribution in [2.24, 2.45) is 0 Å². The van der Waals surface area contributed by atoms with E-state index in [1.54, 1.807) is 0 Å². The summed E-state index contributed by atoms with van der Waals surface area (Å²) >= 11 is 1.85. The number of fused-ring (bicyclic) bond motifs is 1. The highest BCUT2D eigenvalue weighted by Crippen LogP contribution is 2.37. The van der Waals surface area contributed by atoms with Gasteiger partial charge in [0.2, 0.25) is 5.91 Å². The van der Waals surface area contributed by atoms with Gasteiger partial charge in [-0.15, -0.1) is 11.8 Å². The van der Waals surface area contributed by atoms with E-state index < -0.39 is 0 Å². The second-order valence-corrected chi connectivity index (χ2v) is 5.91. The molecule has 19 heavy (non-hydrogen) atoms. The zero-order valence-corrected chi connectivity index (χ0v) is 12.3. The molecule has 1 aromatic carbocycles. The van der Waals surface area contributed by atoms with Gasteiger partial charge in [-0.25, -0.2) is 0 Å². The van der Waals surface area contributed by atoms with Gasteiger partial charge in [-0.1, -0.05) is 25.1 Å². The largest absolute Gasteiger partial charge is 0.354 e. The Morgan fingerprint density at radius 3 is 3.00 bits per heavy atom. The number of thioether (sulfide) groups is 1. The molecule has 3 nitrogen and oxygen atoms in total. The fourth-order valence-corrected chi connectivity index (χ4v) is 3.44. The van der Waals surface area contributed by atoms with Gasteiger partial charge in [0.05, 0.1) is 5.92 Å². The van der Waals surface area contributed by atoms with Gasteiger partial charge < -0.3 is 10.6 Å². The minimum atomic E-state index is 0.0311. The molecule has 4 heteroatoms. The van der Waals surface area contributed by atoms with Crippen LogP contribution in [0.1, 0.15) is 31.2 Å². The molecular formula is C15H22N2OS. The Bertz CT molecular complexity index is 422. The van der Waals surface area contributed by atoms with Crippen molar-refractivity contribution in [3.8, 4) is 0 Å². The van der Waals surface area contributed by atoms with Crippen LogP contribution < -0.4 is 10.6 Å². The van der Waals surface area contributed by atoms with Gasteiger partial charge in [-0.05, 0) is 36.8 Å². The summed E-state index contributed by atoms with van der Waals surface area (Å²) in [5.74, 6) is 1.23. The van der Waals surface area contributed by atoms with Crippen LogP contribution in [0.5, 0.6) is 0 Å². The van der Waals surface area contributed by atoms with Crippen LogP contribution in [0, 0.1) is 0 Å². The van der Waals surface area contributed by atoms with Crippen LogP contribution in [-0.2, 0) is 4.79 Å². The second-order valence-electron chi connectivity index (χ2n) is 4.77. The summed E-state index contributed by atoms with van der Waals surface area (Å²) in [4.78, 5) is 13.5. The van der Waals surface area contributed by atoms with Crippen LogP contribution in [0.15, 0.2) is 29.2 Å². The van der Waals surface area contributed by atoms with Crippen LogP contribution in [0.2, 0.25) is 0 Å². The minimum Gasteiger partial charge on any atom is -0.354 e. The maximum atomic E-state index is 12.2. The Kier molecular flexibility index (Phi) is 5.73. The molecule has 0 saturated heterocycles. The van der Waals surface area contributed by atoms with Crippen LogP contribution >= 0.6 is 11.8 Å². The van der Waals surface area contributed by atoms with Gasteiger partial charge in [0.15, 0.2) is 0 Å². The molecule has 1 amide bonds. The van der Waals surface area contributed by atoms with E-state index in [9.17, 15) is 4.79 Å². The van der Waals surface area contributed by atoms with Crippen molar-refractivity contribution >= 4 is 17.7 Å². The summed E-state index contributed by atoms with van der Waals surface area (Å²) in [6.07, 6.45) is 2.07. The van der Waals surface area contributed by atoms with E-state index in [-0.39, 0.29) is 11.8 Å². The third-order valence-electron chi connectivity index (χ3n) is 3.30. The maximum absolute atomic E-state index is 12.2. The Hall–Kier alpha value is -1.00. The lowest BCUT2D eigenvalue weighted by atomic mass is 9.95. The monoisotopic (exact) mass is 278 g/mol. The Morgan fingerprint density at radius 1 is 1.32 bits per heavy atom. The molecule has 1 aromatic rings. The molecule has 1 aliphatic heterocycles. The molecule has 1 atom stereocenters. The molecule has 0 spiro atoms.